The summed E-state index contributed by atoms with van der Waals surface area (Å²) in [5.74, 6) is -0.519. The SMILES string of the molecule is C1=NOCC1.C1N=NN=N1.CC.CC.CC.CC.O=c1[nH]cno1.c1cnoc1. The number of rotatable bonds is 0. The maximum atomic E-state index is 9.78. The van der Waals surface area contributed by atoms with Crippen LogP contribution >= 0.6 is 0 Å². The average Bonchev–Trinajstić information content (AvgIpc) is 3.64. The van der Waals surface area contributed by atoms with Gasteiger partial charge in [0, 0.05) is 12.6 Å². The second kappa shape index (κ2) is 39.8. The zero-order valence-electron chi connectivity index (χ0n) is 18.8. The minimum Gasteiger partial charge on any atom is -0.396 e. The van der Waals surface area contributed by atoms with Gasteiger partial charge >= 0.3 is 5.76 Å². The molecule has 2 aliphatic heterocycles. The van der Waals surface area contributed by atoms with E-state index >= 15 is 0 Å². The van der Waals surface area contributed by atoms with E-state index in [2.05, 4.69) is 55.0 Å². The van der Waals surface area contributed by atoms with Crippen molar-refractivity contribution in [3.05, 3.63) is 35.4 Å². The van der Waals surface area contributed by atoms with Crippen molar-refractivity contribution < 1.29 is 13.9 Å². The molecule has 0 unspecified atom stereocenters. The Bertz CT molecular complexity index is 530. The van der Waals surface area contributed by atoms with Crippen LogP contribution in [0.15, 0.2) is 64.5 Å². The van der Waals surface area contributed by atoms with Crippen molar-refractivity contribution in [1.82, 2.24) is 15.3 Å². The quantitative estimate of drug-likeness (QED) is 0.613. The van der Waals surface area contributed by atoms with Crippen molar-refractivity contribution >= 4 is 6.21 Å². The van der Waals surface area contributed by atoms with Gasteiger partial charge < -0.3 is 9.36 Å². The van der Waals surface area contributed by atoms with E-state index in [0.29, 0.717) is 6.67 Å². The van der Waals surface area contributed by atoms with E-state index in [1.165, 1.54) is 12.6 Å². The van der Waals surface area contributed by atoms with Crippen LogP contribution in [0.4, 0.5) is 0 Å². The fraction of sp³-hybridized carbons (Fsp3) is 0.647. The summed E-state index contributed by atoms with van der Waals surface area (Å²) in [6.45, 7) is 17.2. The first-order valence-corrected chi connectivity index (χ1v) is 9.60. The van der Waals surface area contributed by atoms with Crippen molar-refractivity contribution in [2.24, 2.45) is 25.8 Å². The Labute approximate surface area is 172 Å². The lowest BCUT2D eigenvalue weighted by atomic mass is 10.5. The van der Waals surface area contributed by atoms with Gasteiger partial charge in [0.05, 0.1) is 6.20 Å². The minimum absolute atomic E-state index is 0.417. The van der Waals surface area contributed by atoms with Crippen molar-refractivity contribution in [2.45, 2.75) is 61.8 Å². The molecule has 1 N–H and O–H groups in total. The van der Waals surface area contributed by atoms with Crippen LogP contribution in [0, 0.1) is 0 Å². The Hall–Kier alpha value is -3.18. The molecule has 0 amide bonds. The standard InChI is InChI=1S/C3H5NO.C3H3NO.C2H2N2O2.4C2H6.CH2N4/c2*1-2-4-5-3-1;5-2-3-1-4-6-2;4*1-2;1-2-4-5-3-1/h2H,1,3H2;1-3H;1H,(H,3,4,5);4*1-2H3;1H2. The van der Waals surface area contributed by atoms with Crippen molar-refractivity contribution in [3.63, 3.8) is 0 Å². The van der Waals surface area contributed by atoms with Crippen LogP contribution in [0.3, 0.4) is 0 Å². The molecule has 2 aromatic heterocycles. The fourth-order valence-electron chi connectivity index (χ4n) is 0.760. The van der Waals surface area contributed by atoms with Gasteiger partial charge in [-0.3, -0.25) is 9.51 Å². The molecule has 0 aliphatic carbocycles. The summed E-state index contributed by atoms with van der Waals surface area (Å²) in [7, 11) is 0. The molecule has 0 radical (unpaired) electrons. The van der Waals surface area contributed by atoms with Gasteiger partial charge in [-0.1, -0.05) is 70.9 Å². The second-order valence-electron chi connectivity index (χ2n) is 2.96. The maximum absolute atomic E-state index is 9.78. The molecule has 0 aromatic carbocycles. The fourth-order valence-corrected chi connectivity index (χ4v) is 0.760. The highest BCUT2D eigenvalue weighted by Gasteiger charge is 1.86. The third-order valence-corrected chi connectivity index (χ3v) is 1.50. The molecule has 0 saturated carbocycles. The Balaban J connectivity index is -0.000000129. The van der Waals surface area contributed by atoms with E-state index in [1.54, 1.807) is 18.5 Å². The van der Waals surface area contributed by atoms with Gasteiger partial charge in [-0.05, 0) is 16.5 Å². The summed E-state index contributed by atoms with van der Waals surface area (Å²) >= 11 is 0. The summed E-state index contributed by atoms with van der Waals surface area (Å²) in [5.41, 5.74) is 0. The van der Waals surface area contributed by atoms with E-state index in [1.807, 2.05) is 55.4 Å². The first kappa shape index (κ1) is 33.4. The molecule has 0 bridgehead atoms. The first-order valence-electron chi connectivity index (χ1n) is 9.60. The van der Waals surface area contributed by atoms with Crippen LogP contribution in [0.25, 0.3) is 0 Å². The van der Waals surface area contributed by atoms with Crippen LogP contribution in [0.2, 0.25) is 0 Å². The average molecular weight is 417 g/mol. The Morgan fingerprint density at radius 3 is 1.69 bits per heavy atom. The van der Waals surface area contributed by atoms with Gasteiger partial charge in [0.1, 0.15) is 19.2 Å². The molecular formula is C17H36N8O4. The van der Waals surface area contributed by atoms with Crippen LogP contribution in [0.1, 0.15) is 61.8 Å². The van der Waals surface area contributed by atoms with Gasteiger partial charge in [-0.25, -0.2) is 4.79 Å². The normalized spacial score (nSPS) is 10.3. The molecule has 0 atom stereocenters. The number of nitrogens with one attached hydrogen (secondary N) is 1. The lowest BCUT2D eigenvalue weighted by Crippen LogP contribution is -1.92. The second-order valence-corrected chi connectivity index (χ2v) is 2.96. The first-order chi connectivity index (χ1) is 14.4. The van der Waals surface area contributed by atoms with E-state index in [9.17, 15) is 4.79 Å². The third kappa shape index (κ3) is 36.5. The lowest BCUT2D eigenvalue weighted by Gasteiger charge is -1.76. The predicted molar refractivity (Wildman–Crippen MR) is 113 cm³/mol. The zero-order valence-corrected chi connectivity index (χ0v) is 18.8. The maximum Gasteiger partial charge on any atom is 0.438 e. The molecule has 2 aromatic rings. The summed E-state index contributed by atoms with van der Waals surface area (Å²) in [4.78, 5) is 16.5. The molecule has 0 spiro atoms. The molecular weight excluding hydrogens is 380 g/mol. The minimum atomic E-state index is -0.519. The lowest BCUT2D eigenvalue weighted by molar-refractivity contribution is 0.174. The van der Waals surface area contributed by atoms with Crippen LogP contribution < -0.4 is 5.76 Å². The van der Waals surface area contributed by atoms with Crippen LogP contribution in [0.5, 0.6) is 0 Å². The van der Waals surface area contributed by atoms with Crippen molar-refractivity contribution in [3.8, 4) is 0 Å². The molecule has 12 nitrogen and oxygen atoms in total. The number of aromatic amines is 1. The molecule has 12 heteroatoms. The smallest absolute Gasteiger partial charge is 0.396 e. The van der Waals surface area contributed by atoms with Crippen molar-refractivity contribution in [1.29, 1.82) is 0 Å². The number of hydrogen-bond donors (Lipinski definition) is 1. The van der Waals surface area contributed by atoms with Crippen LogP contribution in [-0.4, -0.2) is 34.8 Å². The number of H-pyrrole nitrogens is 1. The van der Waals surface area contributed by atoms with E-state index < -0.39 is 5.76 Å². The van der Waals surface area contributed by atoms with Gasteiger partial charge in [0.15, 0.2) is 6.67 Å². The predicted octanol–water partition coefficient (Wildman–Crippen LogP) is 5.31. The number of oxime groups is 1. The number of nitrogens with zero attached hydrogens (tertiary/aromatic N) is 7. The molecule has 29 heavy (non-hydrogen) atoms. The summed E-state index contributed by atoms with van der Waals surface area (Å²) < 4.78 is 8.31. The third-order valence-electron chi connectivity index (χ3n) is 1.50. The van der Waals surface area contributed by atoms with E-state index in [-0.39, 0.29) is 0 Å². The van der Waals surface area contributed by atoms with Crippen molar-refractivity contribution in [2.75, 3.05) is 13.3 Å². The summed E-state index contributed by atoms with van der Waals surface area (Å²) in [5, 5.41) is 23.0. The monoisotopic (exact) mass is 416 g/mol. The Morgan fingerprint density at radius 1 is 0.931 bits per heavy atom. The molecule has 2 aliphatic rings. The zero-order chi connectivity index (χ0) is 23.0. The molecule has 0 fully saturated rings. The number of aromatic nitrogens is 3. The summed E-state index contributed by atoms with van der Waals surface area (Å²) in [6, 6.07) is 1.72. The highest BCUT2D eigenvalue weighted by atomic mass is 16.6. The van der Waals surface area contributed by atoms with E-state index in [0.717, 1.165) is 13.0 Å². The highest BCUT2D eigenvalue weighted by Crippen LogP contribution is 1.88. The molecule has 168 valence electrons. The van der Waals surface area contributed by atoms with E-state index in [4.69, 9.17) is 0 Å². The van der Waals surface area contributed by atoms with Gasteiger partial charge in [0.25, 0.3) is 0 Å². The van der Waals surface area contributed by atoms with Gasteiger partial charge in [-0.2, -0.15) is 0 Å². The number of hydrogen-bond acceptors (Lipinski definition) is 11. The summed E-state index contributed by atoms with van der Waals surface area (Å²) in [6.07, 6.45) is 7.03. The largest absolute Gasteiger partial charge is 0.438 e. The molecule has 4 heterocycles. The Kier molecular flexibility index (Phi) is 45.8. The topological polar surface area (TPSA) is 156 Å². The Morgan fingerprint density at radius 2 is 1.55 bits per heavy atom. The molecule has 0 saturated heterocycles. The van der Waals surface area contributed by atoms with Gasteiger partial charge in [-0.15, -0.1) is 10.2 Å². The molecule has 4 rings (SSSR count). The van der Waals surface area contributed by atoms with Crippen LogP contribution in [-0.2, 0) is 4.84 Å². The van der Waals surface area contributed by atoms with Gasteiger partial charge in [0.2, 0.25) is 0 Å². The highest BCUT2D eigenvalue weighted by molar-refractivity contribution is 5.57.